The fourth-order valence-electron chi connectivity index (χ4n) is 3.28. The molecule has 146 valence electrons. The van der Waals surface area contributed by atoms with Crippen LogP contribution in [0.5, 0.6) is 0 Å². The third-order valence-electron chi connectivity index (χ3n) is 4.94. The molecule has 1 aliphatic rings. The van der Waals surface area contributed by atoms with Crippen LogP contribution in [0.25, 0.3) is 11.4 Å². The van der Waals surface area contributed by atoms with Gasteiger partial charge in [-0.15, -0.1) is 0 Å². The Kier molecular flexibility index (Phi) is 5.45. The molecule has 1 aromatic heterocycles. The smallest absolute Gasteiger partial charge is 0.321 e. The minimum atomic E-state index is -0.152. The van der Waals surface area contributed by atoms with E-state index in [1.165, 1.54) is 0 Å². The Morgan fingerprint density at radius 2 is 1.83 bits per heavy atom. The van der Waals surface area contributed by atoms with Gasteiger partial charge in [-0.25, -0.2) is 4.79 Å². The number of hydrogen-bond acceptors (Lipinski definition) is 5. The largest absolute Gasteiger partial charge is 0.339 e. The molecule has 4 rings (SSSR count). The first kappa shape index (κ1) is 19.0. The highest BCUT2D eigenvalue weighted by molar-refractivity contribution is 6.30. The van der Waals surface area contributed by atoms with Crippen LogP contribution >= 0.6 is 11.6 Å². The zero-order chi connectivity index (χ0) is 20.2. The monoisotopic (exact) mass is 407 g/mol. The van der Waals surface area contributed by atoms with Gasteiger partial charge in [-0.3, -0.25) is 0 Å². The van der Waals surface area contributed by atoms with E-state index in [2.05, 4.69) is 21.5 Å². The highest BCUT2D eigenvalue weighted by Crippen LogP contribution is 2.29. The number of nitrogens with zero attached hydrogens (tertiary/aromatic N) is 4. The van der Waals surface area contributed by atoms with Gasteiger partial charge in [0.05, 0.1) is 11.6 Å². The van der Waals surface area contributed by atoms with Crippen LogP contribution in [0.3, 0.4) is 0 Å². The number of urea groups is 1. The molecule has 0 atom stereocenters. The Morgan fingerprint density at radius 1 is 1.14 bits per heavy atom. The Morgan fingerprint density at radius 3 is 2.48 bits per heavy atom. The van der Waals surface area contributed by atoms with Gasteiger partial charge in [0.25, 0.3) is 0 Å². The van der Waals surface area contributed by atoms with Crippen LogP contribution in [0.4, 0.5) is 10.5 Å². The molecule has 2 heterocycles. The number of likely N-dealkylation sites (tertiary alicyclic amines) is 1. The molecule has 0 saturated carbocycles. The number of aromatic nitrogens is 2. The molecule has 1 N–H and O–H groups in total. The second-order valence-corrected chi connectivity index (χ2v) is 7.28. The van der Waals surface area contributed by atoms with Crippen LogP contribution in [0.1, 0.15) is 30.2 Å². The maximum Gasteiger partial charge on any atom is 0.321 e. The van der Waals surface area contributed by atoms with Gasteiger partial charge < -0.3 is 14.7 Å². The lowest BCUT2D eigenvalue weighted by Gasteiger charge is -2.30. The molecule has 7 nitrogen and oxygen atoms in total. The predicted molar refractivity (Wildman–Crippen MR) is 108 cm³/mol. The van der Waals surface area contributed by atoms with Crippen LogP contribution < -0.4 is 5.32 Å². The zero-order valence-corrected chi connectivity index (χ0v) is 16.3. The normalized spacial score (nSPS) is 14.4. The third-order valence-corrected chi connectivity index (χ3v) is 5.19. The second kappa shape index (κ2) is 8.33. The van der Waals surface area contributed by atoms with Crippen molar-refractivity contribution in [2.75, 3.05) is 18.4 Å². The standard InChI is InChI=1S/C21H18ClN5O2/c22-17-5-3-15(4-6-17)19-25-20(29-26-19)16-9-11-27(12-10-16)21(28)24-18-7-1-14(13-23)2-8-18/h1-8,16H,9-12H2,(H,24,28). The average molecular weight is 408 g/mol. The van der Waals surface area contributed by atoms with Crippen molar-refractivity contribution < 1.29 is 9.32 Å². The number of rotatable bonds is 3. The van der Waals surface area contributed by atoms with E-state index in [-0.39, 0.29) is 11.9 Å². The van der Waals surface area contributed by atoms with Crippen molar-refractivity contribution in [3.63, 3.8) is 0 Å². The summed E-state index contributed by atoms with van der Waals surface area (Å²) in [6.45, 7) is 1.21. The molecule has 29 heavy (non-hydrogen) atoms. The molecule has 1 fully saturated rings. The van der Waals surface area contributed by atoms with Crippen molar-refractivity contribution in [2.45, 2.75) is 18.8 Å². The number of piperidine rings is 1. The number of anilines is 1. The van der Waals surface area contributed by atoms with Crippen molar-refractivity contribution >= 4 is 23.3 Å². The van der Waals surface area contributed by atoms with Crippen LogP contribution in [0.15, 0.2) is 53.1 Å². The summed E-state index contributed by atoms with van der Waals surface area (Å²) in [5.74, 6) is 1.27. The number of amides is 2. The lowest BCUT2D eigenvalue weighted by Crippen LogP contribution is -2.40. The summed E-state index contributed by atoms with van der Waals surface area (Å²) < 4.78 is 5.46. The molecule has 1 aliphatic heterocycles. The maximum absolute atomic E-state index is 12.5. The Bertz CT molecular complexity index is 1030. The lowest BCUT2D eigenvalue weighted by molar-refractivity contribution is 0.187. The van der Waals surface area contributed by atoms with Gasteiger partial charge in [0.1, 0.15) is 0 Å². The summed E-state index contributed by atoms with van der Waals surface area (Å²) in [4.78, 5) is 18.8. The van der Waals surface area contributed by atoms with Gasteiger partial charge in [0.2, 0.25) is 11.7 Å². The summed E-state index contributed by atoms with van der Waals surface area (Å²) in [6.07, 6.45) is 1.51. The van der Waals surface area contributed by atoms with Crippen LogP contribution in [0, 0.1) is 11.3 Å². The Hall–Kier alpha value is -3.37. The molecular weight excluding hydrogens is 390 g/mol. The van der Waals surface area contributed by atoms with Crippen molar-refractivity contribution in [3.05, 3.63) is 65.0 Å². The first-order valence-electron chi connectivity index (χ1n) is 9.28. The number of nitrogens with one attached hydrogen (secondary N) is 1. The topological polar surface area (TPSA) is 95.1 Å². The summed E-state index contributed by atoms with van der Waals surface area (Å²) >= 11 is 5.92. The molecular formula is C21H18ClN5O2. The van der Waals surface area contributed by atoms with E-state index in [1.807, 2.05) is 12.1 Å². The fraction of sp³-hybridized carbons (Fsp3) is 0.238. The van der Waals surface area contributed by atoms with E-state index in [0.29, 0.717) is 41.1 Å². The fourth-order valence-corrected chi connectivity index (χ4v) is 3.40. The lowest BCUT2D eigenvalue weighted by atomic mass is 9.97. The molecule has 2 aromatic carbocycles. The number of carbonyl (C=O) groups excluding carboxylic acids is 1. The molecule has 0 unspecified atom stereocenters. The number of carbonyl (C=O) groups is 1. The molecule has 1 saturated heterocycles. The van der Waals surface area contributed by atoms with Gasteiger partial charge >= 0.3 is 6.03 Å². The van der Waals surface area contributed by atoms with E-state index in [0.717, 1.165) is 18.4 Å². The molecule has 0 bridgehead atoms. The van der Waals surface area contributed by atoms with Crippen LogP contribution in [-0.4, -0.2) is 34.2 Å². The third kappa shape index (κ3) is 4.39. The molecule has 8 heteroatoms. The first-order chi connectivity index (χ1) is 14.1. The summed E-state index contributed by atoms with van der Waals surface area (Å²) in [7, 11) is 0. The number of nitriles is 1. The minimum Gasteiger partial charge on any atom is -0.339 e. The van der Waals surface area contributed by atoms with E-state index < -0.39 is 0 Å². The number of benzene rings is 2. The molecule has 0 radical (unpaired) electrons. The highest BCUT2D eigenvalue weighted by Gasteiger charge is 2.27. The summed E-state index contributed by atoms with van der Waals surface area (Å²) in [6, 6.07) is 16.0. The SMILES string of the molecule is N#Cc1ccc(NC(=O)N2CCC(c3nc(-c4ccc(Cl)cc4)no3)CC2)cc1. The van der Waals surface area contributed by atoms with Crippen molar-refractivity contribution in [1.29, 1.82) is 5.26 Å². The van der Waals surface area contributed by atoms with Crippen LogP contribution in [-0.2, 0) is 0 Å². The van der Waals surface area contributed by atoms with E-state index in [9.17, 15) is 4.79 Å². The molecule has 3 aromatic rings. The first-order valence-corrected chi connectivity index (χ1v) is 9.66. The molecule has 0 spiro atoms. The van der Waals surface area contributed by atoms with Gasteiger partial charge in [-0.05, 0) is 61.4 Å². The van der Waals surface area contributed by atoms with Gasteiger partial charge in [-0.1, -0.05) is 16.8 Å². The Balaban J connectivity index is 1.33. The zero-order valence-electron chi connectivity index (χ0n) is 15.5. The van der Waals surface area contributed by atoms with Gasteiger partial charge in [0.15, 0.2) is 0 Å². The maximum atomic E-state index is 12.5. The van der Waals surface area contributed by atoms with E-state index >= 15 is 0 Å². The second-order valence-electron chi connectivity index (χ2n) is 6.84. The minimum absolute atomic E-state index is 0.127. The average Bonchev–Trinajstić information content (AvgIpc) is 3.25. The van der Waals surface area contributed by atoms with E-state index in [4.69, 9.17) is 21.4 Å². The van der Waals surface area contributed by atoms with Crippen molar-refractivity contribution in [3.8, 4) is 17.5 Å². The van der Waals surface area contributed by atoms with Crippen molar-refractivity contribution in [1.82, 2.24) is 15.0 Å². The van der Waals surface area contributed by atoms with Crippen LogP contribution in [0.2, 0.25) is 5.02 Å². The van der Waals surface area contributed by atoms with Crippen molar-refractivity contribution in [2.24, 2.45) is 0 Å². The quantitative estimate of drug-likeness (QED) is 0.680. The predicted octanol–water partition coefficient (Wildman–Crippen LogP) is 4.67. The molecule has 0 aliphatic carbocycles. The number of hydrogen-bond donors (Lipinski definition) is 1. The van der Waals surface area contributed by atoms with Gasteiger partial charge in [-0.2, -0.15) is 10.2 Å². The summed E-state index contributed by atoms with van der Waals surface area (Å²) in [5.41, 5.74) is 2.07. The van der Waals surface area contributed by atoms with E-state index in [1.54, 1.807) is 41.3 Å². The van der Waals surface area contributed by atoms with Gasteiger partial charge in [0, 0.05) is 35.3 Å². The summed E-state index contributed by atoms with van der Waals surface area (Å²) in [5, 5.41) is 16.4. The Labute approximate surface area is 172 Å². The highest BCUT2D eigenvalue weighted by atomic mass is 35.5. The number of halogens is 1. The molecule has 2 amide bonds.